The number of allylic oxidation sites excluding steroid dienone is 1. The fourth-order valence-corrected chi connectivity index (χ4v) is 1.65. The lowest BCUT2D eigenvalue weighted by molar-refractivity contribution is 0.541. The lowest BCUT2D eigenvalue weighted by atomic mass is 9.94. The maximum absolute atomic E-state index is 10.5. The average Bonchev–Trinajstić information content (AvgIpc) is 2.42. The molecule has 2 rings (SSSR count). The molecule has 0 saturated heterocycles. The Kier molecular flexibility index (Phi) is 1.69. The van der Waals surface area contributed by atoms with Crippen molar-refractivity contribution in [1.82, 2.24) is 9.78 Å². The van der Waals surface area contributed by atoms with Crippen LogP contribution in [0.4, 0.5) is 5.82 Å². The van der Waals surface area contributed by atoms with Gasteiger partial charge in [-0.25, -0.2) is 0 Å². The molecule has 0 aromatic carbocycles. The maximum Gasteiger partial charge on any atom is 0.235 e. The number of hydrogen-bond donors (Lipinski definition) is 1. The van der Waals surface area contributed by atoms with Crippen LogP contribution in [0.15, 0.2) is 12.2 Å². The third-order valence-electron chi connectivity index (χ3n) is 2.38. The van der Waals surface area contributed by atoms with E-state index in [4.69, 9.17) is 5.73 Å². The van der Waals surface area contributed by atoms with Gasteiger partial charge in [0.15, 0.2) is 0 Å². The fraction of sp³-hybridized carbons (Fsp3) is 0.333. The highest BCUT2D eigenvalue weighted by Crippen LogP contribution is 2.26. The minimum absolute atomic E-state index is 0.484. The maximum atomic E-state index is 10.5. The van der Waals surface area contributed by atoms with Crippen molar-refractivity contribution in [1.29, 1.82) is 0 Å². The highest BCUT2D eigenvalue weighted by atomic mass is 16.1. The van der Waals surface area contributed by atoms with Crippen molar-refractivity contribution in [3.8, 4) is 0 Å². The van der Waals surface area contributed by atoms with Crippen LogP contribution in [0.3, 0.4) is 0 Å². The number of nitrogens with zero attached hydrogens (tertiary/aromatic N) is 2. The van der Waals surface area contributed by atoms with Crippen LogP contribution >= 0.6 is 0 Å². The van der Waals surface area contributed by atoms with E-state index in [0.717, 1.165) is 36.1 Å². The van der Waals surface area contributed by atoms with E-state index in [9.17, 15) is 4.79 Å². The number of nitrogen functional groups attached to an aromatic ring is 1. The zero-order valence-corrected chi connectivity index (χ0v) is 7.29. The number of nitrogens with two attached hydrogens (primary N) is 1. The average molecular weight is 177 g/mol. The minimum Gasteiger partial charge on any atom is -0.383 e. The molecule has 1 aliphatic rings. The molecule has 0 aliphatic heterocycles. The smallest absolute Gasteiger partial charge is 0.235 e. The molecule has 0 saturated carbocycles. The highest BCUT2D eigenvalue weighted by molar-refractivity contribution is 5.62. The van der Waals surface area contributed by atoms with Gasteiger partial charge in [0.05, 0.1) is 5.69 Å². The Hall–Kier alpha value is -1.58. The second-order valence-corrected chi connectivity index (χ2v) is 3.29. The van der Waals surface area contributed by atoms with Crippen LogP contribution in [-0.2, 0) is 17.6 Å². The van der Waals surface area contributed by atoms with E-state index in [1.54, 1.807) is 0 Å². The molecule has 1 aromatic rings. The normalized spacial score (nSPS) is 15.5. The van der Waals surface area contributed by atoms with Gasteiger partial charge in [0.2, 0.25) is 6.41 Å². The lowest BCUT2D eigenvalue weighted by Gasteiger charge is -2.11. The molecular formula is C9H11N3O. The monoisotopic (exact) mass is 177 g/mol. The minimum atomic E-state index is 0.484. The van der Waals surface area contributed by atoms with Crippen LogP contribution in [0.5, 0.6) is 0 Å². The second kappa shape index (κ2) is 2.73. The zero-order valence-electron chi connectivity index (χ0n) is 7.29. The number of rotatable bonds is 1. The highest BCUT2D eigenvalue weighted by Gasteiger charge is 2.19. The van der Waals surface area contributed by atoms with Gasteiger partial charge in [0, 0.05) is 12.0 Å². The van der Waals surface area contributed by atoms with Crippen LogP contribution in [0.2, 0.25) is 0 Å². The van der Waals surface area contributed by atoms with Crippen LogP contribution in [0, 0.1) is 0 Å². The first kappa shape index (κ1) is 8.04. The number of anilines is 1. The topological polar surface area (TPSA) is 60.9 Å². The molecule has 0 amide bonds. The molecule has 2 N–H and O–H groups in total. The molecular weight excluding hydrogens is 166 g/mol. The van der Waals surface area contributed by atoms with Gasteiger partial charge in [-0.2, -0.15) is 9.78 Å². The van der Waals surface area contributed by atoms with E-state index < -0.39 is 0 Å². The lowest BCUT2D eigenvalue weighted by Crippen LogP contribution is -2.05. The van der Waals surface area contributed by atoms with E-state index in [1.807, 2.05) is 0 Å². The van der Waals surface area contributed by atoms with Gasteiger partial charge in [-0.1, -0.05) is 12.2 Å². The molecule has 1 heterocycles. The number of aromatic nitrogens is 2. The molecule has 4 heteroatoms. The van der Waals surface area contributed by atoms with E-state index >= 15 is 0 Å². The van der Waals surface area contributed by atoms with Crippen LogP contribution in [0.25, 0.3) is 0 Å². The van der Waals surface area contributed by atoms with Crippen molar-refractivity contribution in [3.63, 3.8) is 0 Å². The van der Waals surface area contributed by atoms with E-state index in [-0.39, 0.29) is 0 Å². The third kappa shape index (κ3) is 1.14. The Bertz CT molecular complexity index is 378. The second-order valence-electron chi connectivity index (χ2n) is 3.29. The largest absolute Gasteiger partial charge is 0.383 e. The van der Waals surface area contributed by atoms with Gasteiger partial charge in [0.1, 0.15) is 5.82 Å². The molecule has 0 unspecified atom stereocenters. The standard InChI is InChI=1S/C9H11N3O/c1-6-2-3-7-8(4-6)11-12(5-13)9(7)10/h5H,1-4,10H2. The first-order valence-corrected chi connectivity index (χ1v) is 4.20. The van der Waals surface area contributed by atoms with Crippen LogP contribution in [0.1, 0.15) is 17.7 Å². The predicted molar refractivity (Wildman–Crippen MR) is 50.0 cm³/mol. The molecule has 0 radical (unpaired) electrons. The summed E-state index contributed by atoms with van der Waals surface area (Å²) in [4.78, 5) is 10.5. The Morgan fingerprint density at radius 1 is 1.54 bits per heavy atom. The quantitative estimate of drug-likeness (QED) is 0.503. The summed E-state index contributed by atoms with van der Waals surface area (Å²) in [6.45, 7) is 3.90. The van der Waals surface area contributed by atoms with Crippen molar-refractivity contribution < 1.29 is 4.79 Å². The third-order valence-corrected chi connectivity index (χ3v) is 2.38. The van der Waals surface area contributed by atoms with Crippen molar-refractivity contribution in [2.45, 2.75) is 19.3 Å². The van der Waals surface area contributed by atoms with E-state index in [2.05, 4.69) is 11.7 Å². The Morgan fingerprint density at radius 2 is 2.31 bits per heavy atom. The summed E-state index contributed by atoms with van der Waals surface area (Å²) in [7, 11) is 0. The molecule has 0 atom stereocenters. The SMILES string of the molecule is C=C1CCc2c(nn(C=O)c2N)C1. The first-order valence-electron chi connectivity index (χ1n) is 4.20. The van der Waals surface area contributed by atoms with Gasteiger partial charge in [-0.05, 0) is 12.8 Å². The van der Waals surface area contributed by atoms with Gasteiger partial charge >= 0.3 is 0 Å². The summed E-state index contributed by atoms with van der Waals surface area (Å²) in [6, 6.07) is 0. The molecule has 0 fully saturated rings. The zero-order chi connectivity index (χ0) is 9.42. The van der Waals surface area contributed by atoms with Crippen molar-refractivity contribution in [3.05, 3.63) is 23.4 Å². The Balaban J connectivity index is 2.50. The summed E-state index contributed by atoms with van der Waals surface area (Å²) >= 11 is 0. The molecule has 1 aromatic heterocycles. The molecule has 1 aliphatic carbocycles. The number of carbonyl (C=O) groups excluding carboxylic acids is 1. The number of carbonyl (C=O) groups is 1. The number of fused-ring (bicyclic) bond motifs is 1. The van der Waals surface area contributed by atoms with Crippen LogP contribution in [-0.4, -0.2) is 16.2 Å². The summed E-state index contributed by atoms with van der Waals surface area (Å²) in [6.07, 6.45) is 3.19. The van der Waals surface area contributed by atoms with Gasteiger partial charge in [0.25, 0.3) is 0 Å². The van der Waals surface area contributed by atoms with Crippen LogP contribution < -0.4 is 5.73 Å². The summed E-state index contributed by atoms with van der Waals surface area (Å²) in [5, 5.41) is 4.08. The molecule has 68 valence electrons. The Labute approximate surface area is 76.0 Å². The first-order chi connectivity index (χ1) is 6.22. The van der Waals surface area contributed by atoms with Crippen molar-refractivity contribution in [2.24, 2.45) is 0 Å². The predicted octanol–water partition coefficient (Wildman–Crippen LogP) is 0.548. The summed E-state index contributed by atoms with van der Waals surface area (Å²) in [5.74, 6) is 0.484. The molecule has 0 spiro atoms. The molecule has 4 nitrogen and oxygen atoms in total. The summed E-state index contributed by atoms with van der Waals surface area (Å²) < 4.78 is 1.20. The summed E-state index contributed by atoms with van der Waals surface area (Å²) in [5.41, 5.74) is 8.79. The van der Waals surface area contributed by atoms with E-state index in [0.29, 0.717) is 12.2 Å². The molecule has 13 heavy (non-hydrogen) atoms. The molecule has 0 bridgehead atoms. The van der Waals surface area contributed by atoms with Gasteiger partial charge in [-0.3, -0.25) is 4.79 Å². The van der Waals surface area contributed by atoms with Gasteiger partial charge < -0.3 is 5.73 Å². The van der Waals surface area contributed by atoms with E-state index in [1.165, 1.54) is 4.68 Å². The number of hydrogen-bond acceptors (Lipinski definition) is 3. The van der Waals surface area contributed by atoms with Crippen molar-refractivity contribution >= 4 is 12.2 Å². The van der Waals surface area contributed by atoms with Crippen molar-refractivity contribution in [2.75, 3.05) is 5.73 Å². The fourth-order valence-electron chi connectivity index (χ4n) is 1.65. The van der Waals surface area contributed by atoms with Gasteiger partial charge in [-0.15, -0.1) is 0 Å². The Morgan fingerprint density at radius 3 is 3.00 bits per heavy atom.